The summed E-state index contributed by atoms with van der Waals surface area (Å²) in [6.45, 7) is 2.58. The first kappa shape index (κ1) is 15.5. The van der Waals surface area contributed by atoms with Crippen LogP contribution < -0.4 is 10.1 Å². The fourth-order valence-electron chi connectivity index (χ4n) is 1.46. The minimum Gasteiger partial charge on any atom is -0.436 e. The zero-order valence-electron chi connectivity index (χ0n) is 10.8. The summed E-state index contributed by atoms with van der Waals surface area (Å²) in [5.41, 5.74) is -0.109. The Hall–Kier alpha value is -1.93. The number of rotatable bonds is 5. The van der Waals surface area contributed by atoms with Crippen LogP contribution in [0.5, 0.6) is 11.6 Å². The van der Waals surface area contributed by atoms with Crippen LogP contribution in [0.15, 0.2) is 28.9 Å². The highest BCUT2D eigenvalue weighted by molar-refractivity contribution is 9.10. The average Bonchev–Trinajstić information content (AvgIpc) is 2.44. The van der Waals surface area contributed by atoms with Gasteiger partial charge in [-0.2, -0.15) is 4.98 Å². The van der Waals surface area contributed by atoms with E-state index >= 15 is 0 Å². The summed E-state index contributed by atoms with van der Waals surface area (Å²) in [6, 6.07) is 3.95. The highest BCUT2D eigenvalue weighted by Gasteiger charge is 2.13. The number of benzene rings is 1. The maximum absolute atomic E-state index is 10.7. The predicted octanol–water partition coefficient (Wildman–Crippen LogP) is 4.02. The number of nitrogens with zero attached hydrogens (tertiary/aromatic N) is 3. The zero-order chi connectivity index (χ0) is 15.4. The number of hydrogen-bond acceptors (Lipinski definition) is 6. The summed E-state index contributed by atoms with van der Waals surface area (Å²) < 4.78 is 6.11. The lowest BCUT2D eigenvalue weighted by Gasteiger charge is -2.09. The van der Waals surface area contributed by atoms with Crippen LogP contribution in [-0.2, 0) is 0 Å². The van der Waals surface area contributed by atoms with Crippen molar-refractivity contribution in [2.45, 2.75) is 6.92 Å². The van der Waals surface area contributed by atoms with Crippen molar-refractivity contribution in [3.05, 3.63) is 44.0 Å². The Balaban J connectivity index is 2.29. The van der Waals surface area contributed by atoms with Crippen LogP contribution >= 0.6 is 27.5 Å². The second-order valence-electron chi connectivity index (χ2n) is 3.85. The molecule has 1 aromatic heterocycles. The molecule has 1 aromatic carbocycles. The Morgan fingerprint density at radius 1 is 1.52 bits per heavy atom. The first-order chi connectivity index (χ1) is 10.0. The molecule has 0 amide bonds. The molecule has 21 heavy (non-hydrogen) atoms. The van der Waals surface area contributed by atoms with Crippen molar-refractivity contribution in [2.75, 3.05) is 11.9 Å². The monoisotopic (exact) mass is 372 g/mol. The summed E-state index contributed by atoms with van der Waals surface area (Å²) in [5.74, 6) is 0.939. The molecule has 9 heteroatoms. The minimum absolute atomic E-state index is 0.109. The number of hydrogen-bond donors (Lipinski definition) is 1. The van der Waals surface area contributed by atoms with Gasteiger partial charge in [0.25, 0.3) is 5.69 Å². The molecule has 0 saturated carbocycles. The third kappa shape index (κ3) is 3.79. The molecule has 0 aliphatic rings. The van der Waals surface area contributed by atoms with Gasteiger partial charge < -0.3 is 10.1 Å². The van der Waals surface area contributed by atoms with Crippen LogP contribution in [0.4, 0.5) is 11.6 Å². The van der Waals surface area contributed by atoms with Gasteiger partial charge in [0.2, 0.25) is 11.8 Å². The van der Waals surface area contributed by atoms with E-state index in [4.69, 9.17) is 16.3 Å². The largest absolute Gasteiger partial charge is 0.436 e. The normalized spacial score (nSPS) is 10.2. The number of nitro groups is 1. The molecule has 1 heterocycles. The molecule has 0 unspecified atom stereocenters. The summed E-state index contributed by atoms with van der Waals surface area (Å²) >= 11 is 9.25. The van der Waals surface area contributed by atoms with Gasteiger partial charge in [-0.3, -0.25) is 10.1 Å². The van der Waals surface area contributed by atoms with E-state index in [0.717, 1.165) is 0 Å². The number of halogens is 2. The van der Waals surface area contributed by atoms with Crippen LogP contribution in [0, 0.1) is 10.1 Å². The van der Waals surface area contributed by atoms with Gasteiger partial charge in [-0.25, -0.2) is 4.98 Å². The van der Waals surface area contributed by atoms with Crippen molar-refractivity contribution < 1.29 is 9.66 Å². The first-order valence-corrected chi connectivity index (χ1v) is 7.06. The second kappa shape index (κ2) is 6.68. The highest BCUT2D eigenvalue weighted by Crippen LogP contribution is 2.34. The van der Waals surface area contributed by atoms with E-state index in [1.165, 1.54) is 18.2 Å². The standard InChI is InChI=1S/C12H10BrClN4O3/c1-2-15-12-16-6-8(13)11(17-12)21-10-4-3-7(18(19)20)5-9(10)14/h3-6H,2H2,1H3,(H,15,16,17). The molecule has 0 atom stereocenters. The Morgan fingerprint density at radius 2 is 2.29 bits per heavy atom. The van der Waals surface area contributed by atoms with Gasteiger partial charge in [-0.05, 0) is 28.9 Å². The number of non-ortho nitro benzene ring substituents is 1. The van der Waals surface area contributed by atoms with Crippen molar-refractivity contribution >= 4 is 39.2 Å². The molecular weight excluding hydrogens is 364 g/mol. The van der Waals surface area contributed by atoms with Crippen molar-refractivity contribution in [1.82, 2.24) is 9.97 Å². The van der Waals surface area contributed by atoms with Gasteiger partial charge in [-0.15, -0.1) is 0 Å². The number of ether oxygens (including phenoxy) is 1. The number of aromatic nitrogens is 2. The van der Waals surface area contributed by atoms with E-state index in [1.807, 2.05) is 6.92 Å². The van der Waals surface area contributed by atoms with Crippen molar-refractivity contribution in [2.24, 2.45) is 0 Å². The van der Waals surface area contributed by atoms with Gasteiger partial charge >= 0.3 is 0 Å². The van der Waals surface area contributed by atoms with E-state index in [1.54, 1.807) is 6.20 Å². The molecule has 110 valence electrons. The van der Waals surface area contributed by atoms with Crippen molar-refractivity contribution in [3.63, 3.8) is 0 Å². The van der Waals surface area contributed by atoms with Crippen molar-refractivity contribution in [1.29, 1.82) is 0 Å². The number of nitrogens with one attached hydrogen (secondary N) is 1. The number of anilines is 1. The predicted molar refractivity (Wildman–Crippen MR) is 82.1 cm³/mol. The zero-order valence-corrected chi connectivity index (χ0v) is 13.2. The molecule has 7 nitrogen and oxygen atoms in total. The lowest BCUT2D eigenvalue weighted by atomic mass is 10.3. The first-order valence-electron chi connectivity index (χ1n) is 5.89. The third-order valence-corrected chi connectivity index (χ3v) is 3.22. The molecule has 0 aliphatic heterocycles. The molecule has 0 aliphatic carbocycles. The number of nitro benzene ring substituents is 1. The molecule has 0 fully saturated rings. The molecule has 0 bridgehead atoms. The highest BCUT2D eigenvalue weighted by atomic mass is 79.9. The molecule has 0 saturated heterocycles. The lowest BCUT2D eigenvalue weighted by molar-refractivity contribution is -0.384. The van der Waals surface area contributed by atoms with Gasteiger partial charge in [0.1, 0.15) is 5.75 Å². The molecule has 0 spiro atoms. The van der Waals surface area contributed by atoms with Gasteiger partial charge in [0, 0.05) is 18.7 Å². The fraction of sp³-hybridized carbons (Fsp3) is 0.167. The van der Waals surface area contributed by atoms with Gasteiger partial charge in [0.15, 0.2) is 0 Å². The third-order valence-electron chi connectivity index (χ3n) is 2.38. The maximum Gasteiger partial charge on any atom is 0.271 e. The fourth-order valence-corrected chi connectivity index (χ4v) is 1.94. The van der Waals surface area contributed by atoms with E-state index < -0.39 is 4.92 Å². The molecule has 2 aromatic rings. The van der Waals surface area contributed by atoms with Gasteiger partial charge in [0.05, 0.1) is 20.6 Å². The van der Waals surface area contributed by atoms with Gasteiger partial charge in [-0.1, -0.05) is 11.6 Å². The molecule has 1 N–H and O–H groups in total. The minimum atomic E-state index is -0.528. The molecule has 0 radical (unpaired) electrons. The molecular formula is C12H10BrClN4O3. The summed E-state index contributed by atoms with van der Waals surface area (Å²) in [4.78, 5) is 18.4. The van der Waals surface area contributed by atoms with E-state index in [2.05, 4.69) is 31.2 Å². The van der Waals surface area contributed by atoms with E-state index in [9.17, 15) is 10.1 Å². The SMILES string of the molecule is CCNc1ncc(Br)c(Oc2ccc([N+](=O)[O-])cc2Cl)n1. The Bertz CT molecular complexity index is 684. The van der Waals surface area contributed by atoms with Crippen LogP contribution in [0.1, 0.15) is 6.92 Å². The topological polar surface area (TPSA) is 90.2 Å². The second-order valence-corrected chi connectivity index (χ2v) is 5.11. The molecule has 2 rings (SSSR count). The van der Waals surface area contributed by atoms with E-state index in [-0.39, 0.29) is 22.3 Å². The summed E-state index contributed by atoms with van der Waals surface area (Å²) in [7, 11) is 0. The summed E-state index contributed by atoms with van der Waals surface area (Å²) in [6.07, 6.45) is 1.54. The van der Waals surface area contributed by atoms with Crippen LogP contribution in [0.25, 0.3) is 0 Å². The van der Waals surface area contributed by atoms with Crippen LogP contribution in [-0.4, -0.2) is 21.4 Å². The lowest BCUT2D eigenvalue weighted by Crippen LogP contribution is -2.03. The Labute approximate surface area is 133 Å². The average molecular weight is 374 g/mol. The Morgan fingerprint density at radius 3 is 2.90 bits per heavy atom. The van der Waals surface area contributed by atoms with Crippen LogP contribution in [0.3, 0.4) is 0 Å². The Kier molecular flexibility index (Phi) is 4.92. The maximum atomic E-state index is 10.7. The van der Waals surface area contributed by atoms with Crippen LogP contribution in [0.2, 0.25) is 5.02 Å². The van der Waals surface area contributed by atoms with Crippen molar-refractivity contribution in [3.8, 4) is 11.6 Å². The smallest absolute Gasteiger partial charge is 0.271 e. The quantitative estimate of drug-likeness (QED) is 0.628. The summed E-state index contributed by atoms with van der Waals surface area (Å²) in [5, 5.41) is 13.7. The van der Waals surface area contributed by atoms with E-state index in [0.29, 0.717) is 17.0 Å².